The van der Waals surface area contributed by atoms with Crippen LogP contribution in [-0.2, 0) is 0 Å². The molecule has 1 heterocycles. The van der Waals surface area contributed by atoms with Crippen molar-refractivity contribution in [3.05, 3.63) is 47.7 Å². The zero-order valence-electron chi connectivity index (χ0n) is 15.0. The van der Waals surface area contributed by atoms with E-state index in [1.165, 1.54) is 25.7 Å². The molecule has 0 aliphatic heterocycles. The molecule has 5 nitrogen and oxygen atoms in total. The molecule has 2 N–H and O–H groups in total. The highest BCUT2D eigenvalue weighted by Crippen LogP contribution is 2.28. The molecule has 25 heavy (non-hydrogen) atoms. The van der Waals surface area contributed by atoms with Crippen molar-refractivity contribution >= 4 is 17.5 Å². The van der Waals surface area contributed by atoms with Gasteiger partial charge in [0.2, 0.25) is 5.95 Å². The molecular formula is C20H26N4O. The number of aryl methyl sites for hydroxylation is 1. The first-order chi connectivity index (χ1) is 12.2. The first-order valence-electron chi connectivity index (χ1n) is 8.91. The van der Waals surface area contributed by atoms with E-state index < -0.39 is 0 Å². The number of allylic oxidation sites excluding steroid dienone is 1. The van der Waals surface area contributed by atoms with Gasteiger partial charge < -0.3 is 15.4 Å². The fourth-order valence-corrected chi connectivity index (χ4v) is 3.04. The number of benzene rings is 1. The molecule has 0 fully saturated rings. The van der Waals surface area contributed by atoms with Crippen LogP contribution in [0.25, 0.3) is 0 Å². The van der Waals surface area contributed by atoms with E-state index in [4.69, 9.17) is 4.74 Å². The second-order valence-electron chi connectivity index (χ2n) is 6.38. The number of anilines is 3. The van der Waals surface area contributed by atoms with Crippen molar-refractivity contribution in [2.24, 2.45) is 0 Å². The minimum absolute atomic E-state index is 0.646. The quantitative estimate of drug-likeness (QED) is 0.707. The normalized spacial score (nSPS) is 13.9. The van der Waals surface area contributed by atoms with E-state index in [1.54, 1.807) is 18.9 Å². The van der Waals surface area contributed by atoms with E-state index in [0.717, 1.165) is 35.8 Å². The number of nitrogens with zero attached hydrogens (tertiary/aromatic N) is 2. The molecular weight excluding hydrogens is 312 g/mol. The van der Waals surface area contributed by atoms with Gasteiger partial charge in [0, 0.05) is 12.7 Å². The summed E-state index contributed by atoms with van der Waals surface area (Å²) in [4.78, 5) is 8.86. The molecule has 0 amide bonds. The average molecular weight is 338 g/mol. The third-order valence-corrected chi connectivity index (χ3v) is 4.39. The summed E-state index contributed by atoms with van der Waals surface area (Å²) in [5.41, 5.74) is 3.62. The Morgan fingerprint density at radius 1 is 1.20 bits per heavy atom. The largest absolute Gasteiger partial charge is 0.495 e. The third-order valence-electron chi connectivity index (χ3n) is 4.39. The van der Waals surface area contributed by atoms with Gasteiger partial charge in [0.05, 0.1) is 12.8 Å². The standard InChI is InChI=1S/C20H26N4O/c1-15-8-9-18(25-2)17(14-15)23-19-11-13-22-20(24-19)21-12-10-16-6-4-3-5-7-16/h6,8-9,11,13-14H,3-5,7,10,12H2,1-2H3,(H2,21,22,23,24). The van der Waals surface area contributed by atoms with Gasteiger partial charge in [-0.3, -0.25) is 0 Å². The Morgan fingerprint density at radius 2 is 2.12 bits per heavy atom. The van der Waals surface area contributed by atoms with Crippen LogP contribution < -0.4 is 15.4 Å². The van der Waals surface area contributed by atoms with Crippen LogP contribution in [0.5, 0.6) is 5.75 Å². The van der Waals surface area contributed by atoms with Gasteiger partial charge >= 0.3 is 0 Å². The minimum Gasteiger partial charge on any atom is -0.495 e. The Balaban J connectivity index is 1.61. The Hall–Kier alpha value is -2.56. The Morgan fingerprint density at radius 3 is 2.92 bits per heavy atom. The van der Waals surface area contributed by atoms with Gasteiger partial charge in [-0.2, -0.15) is 4.98 Å². The van der Waals surface area contributed by atoms with Gasteiger partial charge in [0.15, 0.2) is 0 Å². The van der Waals surface area contributed by atoms with E-state index >= 15 is 0 Å². The van der Waals surface area contributed by atoms with Crippen LogP contribution in [-0.4, -0.2) is 23.6 Å². The van der Waals surface area contributed by atoms with E-state index in [2.05, 4.69) is 33.6 Å². The van der Waals surface area contributed by atoms with Crippen LogP contribution in [0.1, 0.15) is 37.7 Å². The molecule has 0 unspecified atom stereocenters. The van der Waals surface area contributed by atoms with Crippen LogP contribution in [0.3, 0.4) is 0 Å². The topological polar surface area (TPSA) is 59.1 Å². The highest BCUT2D eigenvalue weighted by atomic mass is 16.5. The number of methoxy groups -OCH3 is 1. The van der Waals surface area contributed by atoms with Gasteiger partial charge in [-0.25, -0.2) is 4.98 Å². The lowest BCUT2D eigenvalue weighted by molar-refractivity contribution is 0.416. The molecule has 1 aliphatic rings. The van der Waals surface area contributed by atoms with Crippen molar-refractivity contribution in [3.8, 4) is 5.75 Å². The van der Waals surface area contributed by atoms with E-state index in [9.17, 15) is 0 Å². The van der Waals surface area contributed by atoms with Crippen LogP contribution in [0.4, 0.5) is 17.5 Å². The van der Waals surface area contributed by atoms with Crippen molar-refractivity contribution < 1.29 is 4.74 Å². The molecule has 1 aromatic heterocycles. The van der Waals surface area contributed by atoms with Gasteiger partial charge in [-0.15, -0.1) is 0 Å². The van der Waals surface area contributed by atoms with Crippen LogP contribution in [0, 0.1) is 6.92 Å². The van der Waals surface area contributed by atoms with Crippen molar-refractivity contribution in [2.45, 2.75) is 39.0 Å². The van der Waals surface area contributed by atoms with Gasteiger partial charge in [0.1, 0.15) is 11.6 Å². The van der Waals surface area contributed by atoms with Gasteiger partial charge in [-0.05, 0) is 62.8 Å². The minimum atomic E-state index is 0.646. The lowest BCUT2D eigenvalue weighted by Crippen LogP contribution is -2.08. The van der Waals surface area contributed by atoms with Crippen LogP contribution >= 0.6 is 0 Å². The smallest absolute Gasteiger partial charge is 0.224 e. The number of hydrogen-bond acceptors (Lipinski definition) is 5. The summed E-state index contributed by atoms with van der Waals surface area (Å²) < 4.78 is 5.41. The van der Waals surface area contributed by atoms with Gasteiger partial charge in [0.25, 0.3) is 0 Å². The van der Waals surface area contributed by atoms with Crippen molar-refractivity contribution in [3.63, 3.8) is 0 Å². The molecule has 0 atom stereocenters. The molecule has 2 aromatic rings. The zero-order valence-corrected chi connectivity index (χ0v) is 15.0. The zero-order chi connectivity index (χ0) is 17.5. The summed E-state index contributed by atoms with van der Waals surface area (Å²) >= 11 is 0. The number of hydrogen-bond donors (Lipinski definition) is 2. The van der Waals surface area contributed by atoms with E-state index in [0.29, 0.717) is 5.95 Å². The van der Waals surface area contributed by atoms with Crippen molar-refractivity contribution in [2.75, 3.05) is 24.3 Å². The highest BCUT2D eigenvalue weighted by molar-refractivity contribution is 5.65. The van der Waals surface area contributed by atoms with Crippen LogP contribution in [0.2, 0.25) is 0 Å². The van der Waals surface area contributed by atoms with Crippen LogP contribution in [0.15, 0.2) is 42.1 Å². The second kappa shape index (κ2) is 8.51. The SMILES string of the molecule is COc1ccc(C)cc1Nc1ccnc(NCCC2=CCCCC2)n1. The third kappa shape index (κ3) is 4.95. The second-order valence-corrected chi connectivity index (χ2v) is 6.38. The predicted octanol–water partition coefficient (Wildman–Crippen LogP) is 4.84. The lowest BCUT2D eigenvalue weighted by atomic mass is 9.97. The summed E-state index contributed by atoms with van der Waals surface area (Å²) in [7, 11) is 1.67. The molecule has 1 aromatic carbocycles. The van der Waals surface area contributed by atoms with Crippen molar-refractivity contribution in [1.29, 1.82) is 0 Å². The molecule has 0 spiro atoms. The summed E-state index contributed by atoms with van der Waals surface area (Å²) in [6.07, 6.45) is 10.3. The molecule has 132 valence electrons. The van der Waals surface area contributed by atoms with Gasteiger partial charge in [-0.1, -0.05) is 17.7 Å². The summed E-state index contributed by atoms with van der Waals surface area (Å²) in [6.45, 7) is 2.92. The molecule has 0 radical (unpaired) electrons. The summed E-state index contributed by atoms with van der Waals surface area (Å²) in [6, 6.07) is 7.88. The van der Waals surface area contributed by atoms with E-state index in [1.807, 2.05) is 24.3 Å². The number of ether oxygens (including phenoxy) is 1. The first kappa shape index (κ1) is 17.3. The Bertz CT molecular complexity index is 742. The average Bonchev–Trinajstić information content (AvgIpc) is 2.63. The summed E-state index contributed by atoms with van der Waals surface area (Å²) in [5, 5.41) is 6.64. The summed E-state index contributed by atoms with van der Waals surface area (Å²) in [5.74, 6) is 2.19. The number of nitrogens with one attached hydrogen (secondary N) is 2. The number of rotatable bonds is 7. The lowest BCUT2D eigenvalue weighted by Gasteiger charge is -2.14. The maximum atomic E-state index is 5.41. The number of aromatic nitrogens is 2. The molecule has 3 rings (SSSR count). The predicted molar refractivity (Wildman–Crippen MR) is 103 cm³/mol. The molecule has 0 bridgehead atoms. The monoisotopic (exact) mass is 338 g/mol. The van der Waals surface area contributed by atoms with E-state index in [-0.39, 0.29) is 0 Å². The molecule has 0 saturated heterocycles. The maximum absolute atomic E-state index is 5.41. The molecule has 5 heteroatoms. The maximum Gasteiger partial charge on any atom is 0.224 e. The molecule has 1 aliphatic carbocycles. The Kier molecular flexibility index (Phi) is 5.88. The van der Waals surface area contributed by atoms with Crippen molar-refractivity contribution in [1.82, 2.24) is 9.97 Å². The molecule has 0 saturated carbocycles. The fraction of sp³-hybridized carbons (Fsp3) is 0.400. The first-order valence-corrected chi connectivity index (χ1v) is 8.91. The Labute approximate surface area is 149 Å². The highest BCUT2D eigenvalue weighted by Gasteiger charge is 2.07. The fourth-order valence-electron chi connectivity index (χ4n) is 3.04.